The van der Waals surface area contributed by atoms with Crippen molar-refractivity contribution in [3.63, 3.8) is 0 Å². The standard InChI is InChI=1S/C13H24N4S.HI/c1-5-11-9-16-12(18-11)7-8-15-13(14-6-2)17-10(3)4;/h9-10H,5-8H2,1-4H3,(H2,14,15,17);1H. The Bertz CT molecular complexity index is 376. The van der Waals surface area contributed by atoms with Gasteiger partial charge < -0.3 is 10.6 Å². The smallest absolute Gasteiger partial charge is 0.191 e. The topological polar surface area (TPSA) is 49.3 Å². The number of guanidine groups is 1. The molecule has 0 bridgehead atoms. The number of rotatable bonds is 6. The minimum Gasteiger partial charge on any atom is -0.357 e. The molecule has 2 N–H and O–H groups in total. The summed E-state index contributed by atoms with van der Waals surface area (Å²) in [6, 6.07) is 0.398. The Labute approximate surface area is 137 Å². The van der Waals surface area contributed by atoms with Crippen LogP contribution in [-0.2, 0) is 12.8 Å². The van der Waals surface area contributed by atoms with Crippen LogP contribution in [-0.4, -0.2) is 30.1 Å². The van der Waals surface area contributed by atoms with E-state index in [1.807, 2.05) is 6.20 Å². The lowest BCUT2D eigenvalue weighted by atomic mass is 10.4. The summed E-state index contributed by atoms with van der Waals surface area (Å²) in [7, 11) is 0. The van der Waals surface area contributed by atoms with E-state index >= 15 is 0 Å². The molecule has 0 saturated carbocycles. The summed E-state index contributed by atoms with van der Waals surface area (Å²) in [5.74, 6) is 0.889. The van der Waals surface area contributed by atoms with Gasteiger partial charge in [-0.2, -0.15) is 0 Å². The van der Waals surface area contributed by atoms with Crippen molar-refractivity contribution in [2.24, 2.45) is 4.99 Å². The molecule has 19 heavy (non-hydrogen) atoms. The number of halogens is 1. The van der Waals surface area contributed by atoms with E-state index in [9.17, 15) is 0 Å². The summed E-state index contributed by atoms with van der Waals surface area (Å²) in [6.07, 6.45) is 3.96. The van der Waals surface area contributed by atoms with Crippen molar-refractivity contribution in [3.8, 4) is 0 Å². The van der Waals surface area contributed by atoms with Gasteiger partial charge in [0.25, 0.3) is 0 Å². The van der Waals surface area contributed by atoms with Crippen molar-refractivity contribution in [1.29, 1.82) is 0 Å². The van der Waals surface area contributed by atoms with Crippen molar-refractivity contribution < 1.29 is 0 Å². The highest BCUT2D eigenvalue weighted by molar-refractivity contribution is 14.0. The van der Waals surface area contributed by atoms with E-state index in [2.05, 4.69) is 48.3 Å². The van der Waals surface area contributed by atoms with Gasteiger partial charge in [-0.05, 0) is 27.2 Å². The molecule has 0 fully saturated rings. The fraction of sp³-hybridized carbons (Fsp3) is 0.692. The largest absolute Gasteiger partial charge is 0.357 e. The molecule has 110 valence electrons. The van der Waals surface area contributed by atoms with Crippen LogP contribution in [0.2, 0.25) is 0 Å². The molecule has 4 nitrogen and oxygen atoms in total. The molecule has 1 aromatic rings. The molecule has 0 saturated heterocycles. The van der Waals surface area contributed by atoms with Crippen LogP contribution in [0.15, 0.2) is 11.2 Å². The lowest BCUT2D eigenvalue weighted by Gasteiger charge is -2.13. The van der Waals surface area contributed by atoms with Crippen LogP contribution >= 0.6 is 35.3 Å². The van der Waals surface area contributed by atoms with E-state index in [0.29, 0.717) is 6.04 Å². The quantitative estimate of drug-likeness (QED) is 0.442. The van der Waals surface area contributed by atoms with E-state index in [-0.39, 0.29) is 24.0 Å². The first-order valence-electron chi connectivity index (χ1n) is 6.64. The fourth-order valence-electron chi connectivity index (χ4n) is 1.48. The normalized spacial score (nSPS) is 11.3. The predicted molar refractivity (Wildman–Crippen MR) is 94.9 cm³/mol. The maximum absolute atomic E-state index is 4.55. The fourth-order valence-corrected chi connectivity index (χ4v) is 2.34. The number of thiazole rings is 1. The number of aryl methyl sites for hydroxylation is 1. The monoisotopic (exact) mass is 396 g/mol. The minimum absolute atomic E-state index is 0. The number of hydrogen-bond donors (Lipinski definition) is 2. The Balaban J connectivity index is 0.00000324. The third-order valence-electron chi connectivity index (χ3n) is 2.32. The highest BCUT2D eigenvalue weighted by Gasteiger charge is 2.02. The SMILES string of the molecule is CCNC(=NCCc1ncc(CC)s1)NC(C)C.I. The second-order valence-electron chi connectivity index (χ2n) is 4.38. The van der Waals surface area contributed by atoms with Crippen LogP contribution in [0.4, 0.5) is 0 Å². The Hall–Kier alpha value is -0.370. The lowest BCUT2D eigenvalue weighted by Crippen LogP contribution is -2.41. The van der Waals surface area contributed by atoms with Crippen molar-refractivity contribution in [2.75, 3.05) is 13.1 Å². The highest BCUT2D eigenvalue weighted by Crippen LogP contribution is 2.13. The first-order valence-corrected chi connectivity index (χ1v) is 7.45. The highest BCUT2D eigenvalue weighted by atomic mass is 127. The van der Waals surface area contributed by atoms with Gasteiger partial charge in [-0.1, -0.05) is 6.92 Å². The maximum atomic E-state index is 4.55. The van der Waals surface area contributed by atoms with Gasteiger partial charge in [0.1, 0.15) is 0 Å². The molecular formula is C13H25IN4S. The van der Waals surface area contributed by atoms with E-state index in [1.165, 1.54) is 9.88 Å². The second-order valence-corrected chi connectivity index (χ2v) is 5.58. The average Bonchev–Trinajstić information content (AvgIpc) is 2.76. The van der Waals surface area contributed by atoms with Crippen molar-refractivity contribution in [1.82, 2.24) is 15.6 Å². The van der Waals surface area contributed by atoms with E-state index in [1.54, 1.807) is 11.3 Å². The Kier molecular flexibility index (Phi) is 10.2. The Morgan fingerprint density at radius 3 is 2.68 bits per heavy atom. The third kappa shape index (κ3) is 7.71. The number of hydrogen-bond acceptors (Lipinski definition) is 3. The summed E-state index contributed by atoms with van der Waals surface area (Å²) >= 11 is 1.79. The van der Waals surface area contributed by atoms with Gasteiger partial charge in [0.15, 0.2) is 5.96 Å². The molecule has 0 aliphatic carbocycles. The van der Waals surface area contributed by atoms with E-state index in [4.69, 9.17) is 0 Å². The van der Waals surface area contributed by atoms with Crippen LogP contribution in [0.5, 0.6) is 0 Å². The number of aliphatic imine (C=N–C) groups is 1. The third-order valence-corrected chi connectivity index (χ3v) is 3.52. The van der Waals surface area contributed by atoms with Gasteiger partial charge in [0.2, 0.25) is 0 Å². The summed E-state index contributed by atoms with van der Waals surface area (Å²) in [5.41, 5.74) is 0. The average molecular weight is 396 g/mol. The molecule has 0 radical (unpaired) electrons. The second kappa shape index (κ2) is 10.4. The molecule has 0 aliphatic rings. The zero-order valence-corrected chi connectivity index (χ0v) is 15.3. The molecule has 1 aromatic heterocycles. The van der Waals surface area contributed by atoms with Gasteiger partial charge in [-0.25, -0.2) is 4.98 Å². The molecule has 0 spiro atoms. The molecule has 0 aromatic carbocycles. The molecule has 0 atom stereocenters. The van der Waals surface area contributed by atoms with Gasteiger partial charge >= 0.3 is 0 Å². The van der Waals surface area contributed by atoms with Crippen LogP contribution in [0.1, 0.15) is 37.6 Å². The number of aromatic nitrogens is 1. The van der Waals surface area contributed by atoms with Gasteiger partial charge in [0.05, 0.1) is 5.01 Å². The van der Waals surface area contributed by atoms with E-state index < -0.39 is 0 Å². The summed E-state index contributed by atoms with van der Waals surface area (Å²) in [4.78, 5) is 10.3. The van der Waals surface area contributed by atoms with Gasteiger partial charge in [0, 0.05) is 36.6 Å². The summed E-state index contributed by atoms with van der Waals surface area (Å²) in [6.45, 7) is 10.1. The molecule has 1 heterocycles. The van der Waals surface area contributed by atoms with Crippen molar-refractivity contribution in [2.45, 2.75) is 46.6 Å². The molecule has 1 rings (SSSR count). The number of nitrogens with zero attached hydrogens (tertiary/aromatic N) is 2. The molecular weight excluding hydrogens is 371 g/mol. The van der Waals surface area contributed by atoms with Crippen LogP contribution in [0, 0.1) is 0 Å². The maximum Gasteiger partial charge on any atom is 0.191 e. The van der Waals surface area contributed by atoms with Crippen molar-refractivity contribution >= 4 is 41.3 Å². The van der Waals surface area contributed by atoms with E-state index in [0.717, 1.165) is 31.9 Å². The summed E-state index contributed by atoms with van der Waals surface area (Å²) in [5, 5.41) is 7.72. The number of nitrogens with one attached hydrogen (secondary N) is 2. The van der Waals surface area contributed by atoms with Gasteiger partial charge in [-0.3, -0.25) is 4.99 Å². The zero-order chi connectivity index (χ0) is 13.4. The Morgan fingerprint density at radius 1 is 1.42 bits per heavy atom. The molecule has 0 aliphatic heterocycles. The molecule has 0 unspecified atom stereocenters. The predicted octanol–water partition coefficient (Wildman–Crippen LogP) is 2.83. The molecule has 6 heteroatoms. The first kappa shape index (κ1) is 18.6. The van der Waals surface area contributed by atoms with Gasteiger partial charge in [-0.15, -0.1) is 35.3 Å². The Morgan fingerprint density at radius 2 is 2.16 bits per heavy atom. The van der Waals surface area contributed by atoms with Crippen molar-refractivity contribution in [3.05, 3.63) is 16.1 Å². The zero-order valence-electron chi connectivity index (χ0n) is 12.2. The minimum atomic E-state index is 0. The van der Waals surface area contributed by atoms with Crippen LogP contribution in [0.25, 0.3) is 0 Å². The lowest BCUT2D eigenvalue weighted by molar-refractivity contribution is 0.700. The van der Waals surface area contributed by atoms with Crippen LogP contribution in [0.3, 0.4) is 0 Å². The summed E-state index contributed by atoms with van der Waals surface area (Å²) < 4.78 is 0. The first-order chi connectivity index (χ1) is 8.65. The molecule has 0 amide bonds. The van der Waals surface area contributed by atoms with Crippen LogP contribution < -0.4 is 10.6 Å².